The Morgan fingerprint density at radius 3 is 2.77 bits per heavy atom. The van der Waals surface area contributed by atoms with Crippen molar-refractivity contribution < 1.29 is 14.8 Å². The van der Waals surface area contributed by atoms with Gasteiger partial charge in [-0.15, -0.1) is 11.3 Å². The molecule has 30 heavy (non-hydrogen) atoms. The van der Waals surface area contributed by atoms with E-state index in [1.807, 2.05) is 17.5 Å². The van der Waals surface area contributed by atoms with E-state index in [1.54, 1.807) is 36.7 Å². The summed E-state index contributed by atoms with van der Waals surface area (Å²) in [4.78, 5) is 33.7. The van der Waals surface area contributed by atoms with E-state index in [4.69, 9.17) is 0 Å². The zero-order chi connectivity index (χ0) is 21.3. The molecule has 0 aliphatic heterocycles. The van der Waals surface area contributed by atoms with Gasteiger partial charge < -0.3 is 5.11 Å². The number of carbonyl (C=O) groups is 1. The summed E-state index contributed by atoms with van der Waals surface area (Å²) in [5.41, 5.74) is 2.25. The zero-order valence-electron chi connectivity index (χ0n) is 15.8. The average molecular weight is 420 g/mol. The fourth-order valence-corrected chi connectivity index (χ4v) is 3.96. The number of hydrogen-bond acceptors (Lipinski definition) is 7. The van der Waals surface area contributed by atoms with E-state index < -0.39 is 11.5 Å². The number of allylic oxidation sites excluding steroid dienone is 1. The second-order valence-electron chi connectivity index (χ2n) is 6.53. The third kappa shape index (κ3) is 3.63. The summed E-state index contributed by atoms with van der Waals surface area (Å²) in [5.74, 6) is -0.188. The van der Waals surface area contributed by atoms with Gasteiger partial charge in [-0.05, 0) is 37.3 Å². The van der Waals surface area contributed by atoms with Crippen LogP contribution in [0.15, 0.2) is 55.0 Å². The second kappa shape index (κ2) is 7.97. The maximum atomic E-state index is 12.5. The Kier molecular flexibility index (Phi) is 5.21. The lowest BCUT2D eigenvalue weighted by Gasteiger charge is -2.04. The largest absolute Gasteiger partial charge is 0.391 e. The van der Waals surface area contributed by atoms with E-state index in [0.717, 1.165) is 4.88 Å². The van der Waals surface area contributed by atoms with Crippen molar-refractivity contribution in [2.75, 3.05) is 0 Å². The minimum absolute atomic E-state index is 0.176. The van der Waals surface area contributed by atoms with E-state index in [-0.39, 0.29) is 17.0 Å². The van der Waals surface area contributed by atoms with Gasteiger partial charge in [-0.3, -0.25) is 24.3 Å². The van der Waals surface area contributed by atoms with Crippen LogP contribution in [-0.4, -0.2) is 30.2 Å². The molecule has 3 heterocycles. The van der Waals surface area contributed by atoms with E-state index in [2.05, 4.69) is 9.97 Å². The van der Waals surface area contributed by atoms with E-state index in [1.165, 1.54) is 29.5 Å². The van der Waals surface area contributed by atoms with Gasteiger partial charge in [0.15, 0.2) is 10.7 Å². The van der Waals surface area contributed by atoms with Crippen molar-refractivity contribution in [3.63, 3.8) is 0 Å². The first-order valence-electron chi connectivity index (χ1n) is 8.97. The molecule has 4 aromatic rings. The topological polar surface area (TPSA) is 111 Å². The average Bonchev–Trinajstić information content (AvgIpc) is 3.28. The van der Waals surface area contributed by atoms with Gasteiger partial charge in [0.25, 0.3) is 5.69 Å². The highest BCUT2D eigenvalue weighted by Crippen LogP contribution is 2.32. The molecule has 0 aliphatic rings. The molecule has 0 bridgehead atoms. The van der Waals surface area contributed by atoms with Crippen molar-refractivity contribution in [2.24, 2.45) is 0 Å². The number of fused-ring (bicyclic) bond motifs is 1. The van der Waals surface area contributed by atoms with Crippen LogP contribution in [0.3, 0.4) is 0 Å². The standard InChI is InChI=1S/C21H16N4O4S/c1-13-11-24-17(4-5-19(27)14-6-8-22-9-7-14)20(23-21(24)30-13)15-2-3-16(12-26)18(10-15)25(28)29/h2-11,26H,12H2,1H3/b5-4+. The highest BCUT2D eigenvalue weighted by Gasteiger charge is 2.19. The number of imidazole rings is 1. The number of nitro benzene ring substituents is 1. The molecule has 0 saturated carbocycles. The molecule has 0 fully saturated rings. The molecule has 0 spiro atoms. The first kappa shape index (κ1) is 19.6. The summed E-state index contributed by atoms with van der Waals surface area (Å²) < 4.78 is 1.86. The lowest BCUT2D eigenvalue weighted by Crippen LogP contribution is -1.97. The second-order valence-corrected chi connectivity index (χ2v) is 7.75. The molecule has 0 atom stereocenters. The maximum absolute atomic E-state index is 12.5. The Balaban J connectivity index is 1.83. The van der Waals surface area contributed by atoms with E-state index >= 15 is 0 Å². The molecule has 150 valence electrons. The molecule has 1 aromatic carbocycles. The maximum Gasteiger partial charge on any atom is 0.275 e. The lowest BCUT2D eigenvalue weighted by molar-refractivity contribution is -0.385. The Labute approximate surface area is 174 Å². The number of aliphatic hydroxyl groups is 1. The van der Waals surface area contributed by atoms with Crippen LogP contribution < -0.4 is 0 Å². The molecule has 8 nitrogen and oxygen atoms in total. The number of thiazole rings is 1. The van der Waals surface area contributed by atoms with E-state index in [9.17, 15) is 20.0 Å². The summed E-state index contributed by atoms with van der Waals surface area (Å²) in [6, 6.07) is 7.85. The molecule has 0 radical (unpaired) electrons. The molecule has 0 aliphatic carbocycles. The SMILES string of the molecule is Cc1cn2c(/C=C/C(=O)c3ccncc3)c(-c3ccc(CO)c([N+](=O)[O-])c3)nc2s1. The number of benzene rings is 1. The number of nitro groups is 1. The molecule has 9 heteroatoms. The molecule has 0 amide bonds. The Morgan fingerprint density at radius 2 is 2.07 bits per heavy atom. The minimum Gasteiger partial charge on any atom is -0.391 e. The third-order valence-corrected chi connectivity index (χ3v) is 5.46. The van der Waals surface area contributed by atoms with Crippen LogP contribution in [0.2, 0.25) is 0 Å². The minimum atomic E-state index is -0.528. The highest BCUT2D eigenvalue weighted by molar-refractivity contribution is 7.17. The van der Waals surface area contributed by atoms with Crippen LogP contribution in [0.5, 0.6) is 0 Å². The van der Waals surface area contributed by atoms with Crippen molar-refractivity contribution in [2.45, 2.75) is 13.5 Å². The van der Waals surface area contributed by atoms with Crippen molar-refractivity contribution in [1.82, 2.24) is 14.4 Å². The molecule has 1 N–H and O–H groups in total. The summed E-state index contributed by atoms with van der Waals surface area (Å²) >= 11 is 1.48. The van der Waals surface area contributed by atoms with Gasteiger partial charge in [0.05, 0.1) is 28.5 Å². The number of aliphatic hydroxyl groups excluding tert-OH is 1. The summed E-state index contributed by atoms with van der Waals surface area (Å²) in [5, 5.41) is 20.8. The van der Waals surface area contributed by atoms with Gasteiger partial charge in [0.2, 0.25) is 0 Å². The van der Waals surface area contributed by atoms with Crippen molar-refractivity contribution in [1.29, 1.82) is 0 Å². The number of hydrogen-bond donors (Lipinski definition) is 1. The van der Waals surface area contributed by atoms with Gasteiger partial charge in [-0.1, -0.05) is 6.07 Å². The predicted molar refractivity (Wildman–Crippen MR) is 113 cm³/mol. The van der Waals surface area contributed by atoms with Crippen LogP contribution in [0.25, 0.3) is 22.3 Å². The highest BCUT2D eigenvalue weighted by atomic mass is 32.1. The Morgan fingerprint density at radius 1 is 1.30 bits per heavy atom. The molecular formula is C21H16N4O4S. The van der Waals surface area contributed by atoms with Crippen molar-refractivity contribution in [3.05, 3.63) is 86.8 Å². The normalized spacial score (nSPS) is 11.4. The first-order chi connectivity index (χ1) is 14.5. The van der Waals surface area contributed by atoms with Gasteiger partial charge in [-0.2, -0.15) is 0 Å². The fourth-order valence-electron chi connectivity index (χ4n) is 3.13. The van der Waals surface area contributed by atoms with E-state index in [0.29, 0.717) is 27.5 Å². The number of pyridine rings is 1. The van der Waals surface area contributed by atoms with Crippen molar-refractivity contribution in [3.8, 4) is 11.3 Å². The number of aryl methyl sites for hydroxylation is 1. The first-order valence-corrected chi connectivity index (χ1v) is 9.79. The quantitative estimate of drug-likeness (QED) is 0.218. The number of carbonyl (C=O) groups excluding carboxylic acids is 1. The van der Waals surface area contributed by atoms with Gasteiger partial charge in [0, 0.05) is 40.7 Å². The smallest absolute Gasteiger partial charge is 0.275 e. The molecule has 0 saturated heterocycles. The van der Waals surface area contributed by atoms with Gasteiger partial charge >= 0.3 is 0 Å². The van der Waals surface area contributed by atoms with Crippen molar-refractivity contribution >= 4 is 33.8 Å². The molecule has 4 rings (SSSR count). The summed E-state index contributed by atoms with van der Waals surface area (Å²) in [7, 11) is 0. The monoisotopic (exact) mass is 420 g/mol. The van der Waals surface area contributed by atoms with Gasteiger partial charge in [-0.25, -0.2) is 4.98 Å². The molecular weight excluding hydrogens is 404 g/mol. The predicted octanol–water partition coefficient (Wildman–Crippen LogP) is 4.06. The number of aromatic nitrogens is 3. The third-order valence-electron chi connectivity index (χ3n) is 4.56. The van der Waals surface area contributed by atoms with Crippen LogP contribution in [0, 0.1) is 17.0 Å². The Bertz CT molecular complexity index is 1290. The van der Waals surface area contributed by atoms with Crippen LogP contribution in [0.4, 0.5) is 5.69 Å². The number of nitrogens with zero attached hydrogens (tertiary/aromatic N) is 4. The van der Waals surface area contributed by atoms with Crippen LogP contribution in [0.1, 0.15) is 26.5 Å². The Hall–Kier alpha value is -3.69. The lowest BCUT2D eigenvalue weighted by atomic mass is 10.0. The fraction of sp³-hybridized carbons (Fsp3) is 0.0952. The van der Waals surface area contributed by atoms with Crippen LogP contribution in [-0.2, 0) is 6.61 Å². The molecule has 0 unspecified atom stereocenters. The molecule has 3 aromatic heterocycles. The summed E-state index contributed by atoms with van der Waals surface area (Å²) in [6.45, 7) is 1.52. The zero-order valence-corrected chi connectivity index (χ0v) is 16.7. The van der Waals surface area contributed by atoms with Gasteiger partial charge in [0.1, 0.15) is 0 Å². The van der Waals surface area contributed by atoms with Crippen LogP contribution >= 0.6 is 11.3 Å². The number of ketones is 1. The number of rotatable bonds is 6. The summed E-state index contributed by atoms with van der Waals surface area (Å²) in [6.07, 6.45) is 8.12.